The smallest absolute Gasteiger partial charge is 0.261 e. The van der Waals surface area contributed by atoms with Crippen LogP contribution in [-0.2, 0) is 11.3 Å². The lowest BCUT2D eigenvalue weighted by atomic mass is 9.96. The molecule has 0 atom stereocenters. The average Bonchev–Trinajstić information content (AvgIpc) is 3.29. The van der Waals surface area contributed by atoms with Crippen molar-refractivity contribution < 1.29 is 9.59 Å². The first-order valence-electron chi connectivity index (χ1n) is 8.88. The summed E-state index contributed by atoms with van der Waals surface area (Å²) in [6, 6.07) is 9.55. The molecule has 8 heteroatoms. The molecule has 0 saturated heterocycles. The summed E-state index contributed by atoms with van der Waals surface area (Å²) in [6.45, 7) is 7.84. The number of hydrogen-bond acceptors (Lipinski definition) is 5. The van der Waals surface area contributed by atoms with Crippen LogP contribution in [0.2, 0.25) is 0 Å². The molecule has 0 aliphatic heterocycles. The Kier molecular flexibility index (Phi) is 5.60. The highest BCUT2D eigenvalue weighted by molar-refractivity contribution is 7.18. The van der Waals surface area contributed by atoms with Gasteiger partial charge in [-0.3, -0.25) is 9.59 Å². The minimum atomic E-state index is -0.487. The normalized spacial score (nSPS) is 11.3. The van der Waals surface area contributed by atoms with E-state index in [0.29, 0.717) is 16.4 Å². The van der Waals surface area contributed by atoms with Crippen LogP contribution >= 0.6 is 11.3 Å². The van der Waals surface area contributed by atoms with Crippen molar-refractivity contribution in [2.24, 2.45) is 5.41 Å². The lowest BCUT2D eigenvalue weighted by molar-refractivity contribution is -0.123. The number of aromatic nitrogens is 3. The highest BCUT2D eigenvalue weighted by atomic mass is 32.1. The van der Waals surface area contributed by atoms with Gasteiger partial charge in [-0.1, -0.05) is 32.9 Å². The lowest BCUT2D eigenvalue weighted by Gasteiger charge is -2.16. The molecule has 0 aliphatic rings. The zero-order chi connectivity index (χ0) is 20.3. The van der Waals surface area contributed by atoms with Crippen molar-refractivity contribution in [3.63, 3.8) is 0 Å². The number of carbonyl (C=O) groups excluding carboxylic acids is 2. The molecule has 0 aliphatic carbocycles. The molecule has 0 unspecified atom stereocenters. The summed E-state index contributed by atoms with van der Waals surface area (Å²) >= 11 is 1.29. The highest BCUT2D eigenvalue weighted by Crippen LogP contribution is 2.28. The number of carbonyl (C=O) groups is 2. The number of amides is 2. The molecule has 2 amide bonds. The fourth-order valence-corrected chi connectivity index (χ4v) is 3.42. The van der Waals surface area contributed by atoms with Gasteiger partial charge in [0.1, 0.15) is 12.7 Å². The first-order chi connectivity index (χ1) is 13.2. The quantitative estimate of drug-likeness (QED) is 0.689. The van der Waals surface area contributed by atoms with E-state index < -0.39 is 5.41 Å². The monoisotopic (exact) mass is 397 g/mol. The van der Waals surface area contributed by atoms with Crippen LogP contribution in [0.5, 0.6) is 0 Å². The topological polar surface area (TPSA) is 88.9 Å². The van der Waals surface area contributed by atoms with Crippen molar-refractivity contribution in [2.45, 2.75) is 34.2 Å². The van der Waals surface area contributed by atoms with Gasteiger partial charge in [0, 0.05) is 12.0 Å². The second-order valence-electron chi connectivity index (χ2n) is 7.52. The van der Waals surface area contributed by atoms with E-state index in [1.54, 1.807) is 11.0 Å². The largest absolute Gasteiger partial charge is 0.347 e. The van der Waals surface area contributed by atoms with Gasteiger partial charge in [0.15, 0.2) is 0 Å². The predicted molar refractivity (Wildman–Crippen MR) is 110 cm³/mol. The Morgan fingerprint density at radius 3 is 2.50 bits per heavy atom. The van der Waals surface area contributed by atoms with Crippen molar-refractivity contribution in [2.75, 3.05) is 5.32 Å². The summed E-state index contributed by atoms with van der Waals surface area (Å²) in [5.74, 6) is -0.229. The Bertz CT molecular complexity index is 969. The van der Waals surface area contributed by atoms with Crippen LogP contribution in [0.3, 0.4) is 0 Å². The second-order valence-corrected chi connectivity index (χ2v) is 8.57. The van der Waals surface area contributed by atoms with Gasteiger partial charge in [-0.25, -0.2) is 9.67 Å². The van der Waals surface area contributed by atoms with Crippen molar-refractivity contribution in [3.05, 3.63) is 59.0 Å². The molecule has 7 nitrogen and oxygen atoms in total. The molecule has 2 aromatic heterocycles. The van der Waals surface area contributed by atoms with Crippen LogP contribution in [0.25, 0.3) is 5.69 Å². The zero-order valence-electron chi connectivity index (χ0n) is 16.3. The molecule has 2 heterocycles. The molecule has 28 heavy (non-hydrogen) atoms. The van der Waals surface area contributed by atoms with Gasteiger partial charge in [-0.05, 0) is 36.2 Å². The third-order valence-corrected chi connectivity index (χ3v) is 5.27. The maximum absolute atomic E-state index is 12.6. The Balaban J connectivity index is 1.61. The molecule has 0 spiro atoms. The summed E-state index contributed by atoms with van der Waals surface area (Å²) in [5.41, 5.74) is 2.24. The van der Waals surface area contributed by atoms with Gasteiger partial charge in [0.05, 0.1) is 15.6 Å². The van der Waals surface area contributed by atoms with Crippen molar-refractivity contribution in [1.29, 1.82) is 0 Å². The van der Waals surface area contributed by atoms with Crippen LogP contribution in [-0.4, -0.2) is 26.6 Å². The van der Waals surface area contributed by atoms with Crippen molar-refractivity contribution in [1.82, 2.24) is 20.1 Å². The summed E-state index contributed by atoms with van der Waals surface area (Å²) in [4.78, 5) is 29.2. The third kappa shape index (κ3) is 4.64. The molecule has 146 valence electrons. The molecule has 0 fully saturated rings. The van der Waals surface area contributed by atoms with E-state index in [2.05, 4.69) is 20.7 Å². The first kappa shape index (κ1) is 19.8. The van der Waals surface area contributed by atoms with Gasteiger partial charge < -0.3 is 10.6 Å². The van der Waals surface area contributed by atoms with E-state index >= 15 is 0 Å². The number of anilines is 1. The van der Waals surface area contributed by atoms with Gasteiger partial charge in [-0.2, -0.15) is 5.10 Å². The van der Waals surface area contributed by atoms with E-state index in [1.807, 2.05) is 58.0 Å². The van der Waals surface area contributed by atoms with Crippen LogP contribution in [0.4, 0.5) is 5.00 Å². The minimum absolute atomic E-state index is 0.0758. The number of nitrogens with one attached hydrogen (secondary N) is 2. The Morgan fingerprint density at radius 1 is 1.18 bits per heavy atom. The molecule has 3 aromatic rings. The predicted octanol–water partition coefficient (Wildman–Crippen LogP) is 3.55. The zero-order valence-corrected chi connectivity index (χ0v) is 17.1. The Labute approximate surface area is 167 Å². The molecule has 3 rings (SSSR count). The fraction of sp³-hybridized carbons (Fsp3) is 0.300. The average molecular weight is 398 g/mol. The highest BCUT2D eigenvalue weighted by Gasteiger charge is 2.23. The summed E-state index contributed by atoms with van der Waals surface area (Å²) in [7, 11) is 0. The molecular weight excluding hydrogens is 374 g/mol. The molecule has 2 N–H and O–H groups in total. The van der Waals surface area contributed by atoms with E-state index in [9.17, 15) is 9.59 Å². The van der Waals surface area contributed by atoms with Gasteiger partial charge in [0.25, 0.3) is 5.91 Å². The number of rotatable bonds is 5. The standard InChI is InChI=1S/C20H23N5O2S/c1-13-9-16(24-19(27)20(2,3)4)28-17(13)18(26)22-10-14-5-7-15(8-6-14)25-12-21-11-23-25/h5-9,11-12H,10H2,1-4H3,(H,22,26)(H,24,27). The van der Waals surface area contributed by atoms with Crippen molar-refractivity contribution in [3.8, 4) is 5.69 Å². The molecule has 0 saturated carbocycles. The van der Waals surface area contributed by atoms with Crippen LogP contribution in [0, 0.1) is 12.3 Å². The maximum atomic E-state index is 12.6. The summed E-state index contributed by atoms with van der Waals surface area (Å²) in [6.07, 6.45) is 3.11. The number of thiophene rings is 1. The fourth-order valence-electron chi connectivity index (χ4n) is 2.44. The van der Waals surface area contributed by atoms with Gasteiger partial charge in [0.2, 0.25) is 5.91 Å². The van der Waals surface area contributed by atoms with Crippen LogP contribution < -0.4 is 10.6 Å². The summed E-state index contributed by atoms with van der Waals surface area (Å²) < 4.78 is 1.67. The first-order valence-corrected chi connectivity index (χ1v) is 9.70. The third-order valence-electron chi connectivity index (χ3n) is 4.11. The SMILES string of the molecule is Cc1cc(NC(=O)C(C)(C)C)sc1C(=O)NCc1ccc(-n2cncn2)cc1. The van der Waals surface area contributed by atoms with E-state index in [-0.39, 0.29) is 11.8 Å². The molecule has 1 aromatic carbocycles. The van der Waals surface area contributed by atoms with E-state index in [0.717, 1.165) is 16.8 Å². The number of hydrogen-bond donors (Lipinski definition) is 2. The van der Waals surface area contributed by atoms with Crippen LogP contribution in [0.1, 0.15) is 41.6 Å². The minimum Gasteiger partial charge on any atom is -0.347 e. The molecular formula is C20H23N5O2S. The van der Waals surface area contributed by atoms with Gasteiger partial charge >= 0.3 is 0 Å². The van der Waals surface area contributed by atoms with Gasteiger partial charge in [-0.15, -0.1) is 11.3 Å². The van der Waals surface area contributed by atoms with E-state index in [1.165, 1.54) is 17.7 Å². The number of nitrogens with zero attached hydrogens (tertiary/aromatic N) is 3. The lowest BCUT2D eigenvalue weighted by Crippen LogP contribution is -2.27. The second kappa shape index (κ2) is 7.93. The maximum Gasteiger partial charge on any atom is 0.261 e. The Hall–Kier alpha value is -3.00. The van der Waals surface area contributed by atoms with Crippen LogP contribution in [0.15, 0.2) is 43.0 Å². The number of benzene rings is 1. The Morgan fingerprint density at radius 2 is 1.89 bits per heavy atom. The van der Waals surface area contributed by atoms with Crippen molar-refractivity contribution >= 4 is 28.2 Å². The molecule has 0 bridgehead atoms. The van der Waals surface area contributed by atoms with E-state index in [4.69, 9.17) is 0 Å². The number of aryl methyl sites for hydroxylation is 1. The molecule has 0 radical (unpaired) electrons. The summed E-state index contributed by atoms with van der Waals surface area (Å²) in [5, 5.41) is 10.6.